The molecule has 3 rings (SSSR count). The predicted molar refractivity (Wildman–Crippen MR) is 90.5 cm³/mol. The molecule has 8 heteroatoms. The van der Waals surface area contributed by atoms with Crippen LogP contribution in [-0.2, 0) is 16.4 Å². The maximum atomic E-state index is 12.5. The van der Waals surface area contributed by atoms with Crippen molar-refractivity contribution in [2.75, 3.05) is 4.72 Å². The molecule has 1 heterocycles. The summed E-state index contributed by atoms with van der Waals surface area (Å²) in [7, 11) is -3.75. The molecule has 124 valence electrons. The van der Waals surface area contributed by atoms with Crippen molar-refractivity contribution in [1.29, 1.82) is 0 Å². The summed E-state index contributed by atoms with van der Waals surface area (Å²) in [4.78, 5) is 4.24. The van der Waals surface area contributed by atoms with Crippen LogP contribution in [-0.4, -0.2) is 18.6 Å². The van der Waals surface area contributed by atoms with Crippen LogP contribution in [0.2, 0.25) is 5.02 Å². The first kappa shape index (κ1) is 16.5. The standard InChI is InChI=1S/C16H14ClN3O3S/c1-11-18-16(23-19-11)9-12-5-2-3-8-15(12)20-24(21,22)14-7-4-6-13(17)10-14/h2-8,10,20H,9H2,1H3. The van der Waals surface area contributed by atoms with E-state index in [1.165, 1.54) is 12.1 Å². The van der Waals surface area contributed by atoms with Gasteiger partial charge in [0.25, 0.3) is 10.0 Å². The molecule has 1 aromatic heterocycles. The topological polar surface area (TPSA) is 85.1 Å². The van der Waals surface area contributed by atoms with Crippen LogP contribution in [0.15, 0.2) is 57.9 Å². The van der Waals surface area contributed by atoms with Gasteiger partial charge >= 0.3 is 0 Å². The zero-order chi connectivity index (χ0) is 17.2. The summed E-state index contributed by atoms with van der Waals surface area (Å²) >= 11 is 5.87. The van der Waals surface area contributed by atoms with Crippen LogP contribution >= 0.6 is 11.6 Å². The zero-order valence-corrected chi connectivity index (χ0v) is 14.3. The summed E-state index contributed by atoms with van der Waals surface area (Å²) in [6, 6.07) is 13.1. The van der Waals surface area contributed by atoms with E-state index in [2.05, 4.69) is 14.9 Å². The van der Waals surface area contributed by atoms with Gasteiger partial charge in [0.15, 0.2) is 5.82 Å². The number of aromatic nitrogens is 2. The van der Waals surface area contributed by atoms with E-state index in [9.17, 15) is 8.42 Å². The average Bonchev–Trinajstić information content (AvgIpc) is 2.94. The average molecular weight is 364 g/mol. The van der Waals surface area contributed by atoms with Gasteiger partial charge in [0, 0.05) is 5.02 Å². The van der Waals surface area contributed by atoms with Crippen molar-refractivity contribution >= 4 is 27.3 Å². The molecule has 0 radical (unpaired) electrons. The normalized spacial score (nSPS) is 11.4. The molecule has 0 spiro atoms. The second-order valence-corrected chi connectivity index (χ2v) is 7.25. The number of para-hydroxylation sites is 1. The molecule has 0 atom stereocenters. The van der Waals surface area contributed by atoms with Crippen molar-refractivity contribution in [1.82, 2.24) is 10.1 Å². The number of rotatable bonds is 5. The van der Waals surface area contributed by atoms with E-state index >= 15 is 0 Å². The lowest BCUT2D eigenvalue weighted by molar-refractivity contribution is 0.381. The van der Waals surface area contributed by atoms with Crippen LogP contribution in [0.1, 0.15) is 17.3 Å². The molecule has 3 aromatic rings. The van der Waals surface area contributed by atoms with Crippen LogP contribution in [0, 0.1) is 6.92 Å². The first-order chi connectivity index (χ1) is 11.4. The van der Waals surface area contributed by atoms with Gasteiger partial charge in [-0.3, -0.25) is 4.72 Å². The molecule has 0 saturated carbocycles. The molecule has 1 N–H and O–H groups in total. The maximum Gasteiger partial charge on any atom is 0.261 e. The molecular formula is C16H14ClN3O3S. The smallest absolute Gasteiger partial charge is 0.261 e. The second-order valence-electron chi connectivity index (χ2n) is 5.13. The summed E-state index contributed by atoms with van der Waals surface area (Å²) in [5.41, 5.74) is 1.18. The molecule has 0 fully saturated rings. The minimum atomic E-state index is -3.75. The minimum absolute atomic E-state index is 0.0958. The van der Waals surface area contributed by atoms with Crippen molar-refractivity contribution in [3.8, 4) is 0 Å². The van der Waals surface area contributed by atoms with Gasteiger partial charge in [0.1, 0.15) is 0 Å². The summed E-state index contributed by atoms with van der Waals surface area (Å²) < 4.78 is 32.8. The Morgan fingerprint density at radius 1 is 1.17 bits per heavy atom. The van der Waals surface area contributed by atoms with Crippen molar-refractivity contribution in [2.45, 2.75) is 18.2 Å². The number of hydrogen-bond donors (Lipinski definition) is 1. The molecule has 0 bridgehead atoms. The largest absolute Gasteiger partial charge is 0.339 e. The number of aryl methyl sites for hydroxylation is 1. The Bertz CT molecular complexity index is 970. The van der Waals surface area contributed by atoms with E-state index in [0.717, 1.165) is 5.56 Å². The third-order valence-corrected chi connectivity index (χ3v) is 4.88. The Kier molecular flexibility index (Phi) is 4.55. The van der Waals surface area contributed by atoms with Crippen LogP contribution in [0.5, 0.6) is 0 Å². The lowest BCUT2D eigenvalue weighted by Gasteiger charge is -2.12. The van der Waals surface area contributed by atoms with Gasteiger partial charge < -0.3 is 4.52 Å². The Morgan fingerprint density at radius 3 is 2.67 bits per heavy atom. The van der Waals surface area contributed by atoms with Crippen LogP contribution in [0.3, 0.4) is 0 Å². The van der Waals surface area contributed by atoms with E-state index in [0.29, 0.717) is 28.8 Å². The highest BCUT2D eigenvalue weighted by Crippen LogP contribution is 2.23. The van der Waals surface area contributed by atoms with Crippen LogP contribution in [0.25, 0.3) is 0 Å². The summed E-state index contributed by atoms with van der Waals surface area (Å²) in [6.07, 6.45) is 0.328. The van der Waals surface area contributed by atoms with Gasteiger partial charge in [-0.15, -0.1) is 0 Å². The predicted octanol–water partition coefficient (Wildman–Crippen LogP) is 3.42. The van der Waals surface area contributed by atoms with Gasteiger partial charge in [0.05, 0.1) is 17.0 Å². The number of nitrogens with one attached hydrogen (secondary N) is 1. The lowest BCUT2D eigenvalue weighted by atomic mass is 10.1. The fourth-order valence-corrected chi connectivity index (χ4v) is 3.59. The Hall–Kier alpha value is -2.38. The number of sulfonamides is 1. The summed E-state index contributed by atoms with van der Waals surface area (Å²) in [6.45, 7) is 1.72. The first-order valence-electron chi connectivity index (χ1n) is 7.09. The first-order valence-corrected chi connectivity index (χ1v) is 8.96. The Morgan fingerprint density at radius 2 is 1.96 bits per heavy atom. The quantitative estimate of drug-likeness (QED) is 0.750. The molecule has 0 aliphatic rings. The molecule has 0 aliphatic carbocycles. The maximum absolute atomic E-state index is 12.5. The molecule has 0 saturated heterocycles. The van der Waals surface area contributed by atoms with Gasteiger partial charge in [-0.25, -0.2) is 8.42 Å². The molecule has 2 aromatic carbocycles. The number of benzene rings is 2. The van der Waals surface area contributed by atoms with Gasteiger partial charge in [-0.1, -0.05) is 41.0 Å². The zero-order valence-electron chi connectivity index (χ0n) is 12.7. The van der Waals surface area contributed by atoms with E-state index in [1.54, 1.807) is 37.3 Å². The highest BCUT2D eigenvalue weighted by atomic mass is 35.5. The fraction of sp³-hybridized carbons (Fsp3) is 0.125. The van der Waals surface area contributed by atoms with Crippen molar-refractivity contribution < 1.29 is 12.9 Å². The Balaban J connectivity index is 1.90. The fourth-order valence-electron chi connectivity index (χ4n) is 2.19. The minimum Gasteiger partial charge on any atom is -0.339 e. The highest BCUT2D eigenvalue weighted by Gasteiger charge is 2.17. The van der Waals surface area contributed by atoms with Crippen molar-refractivity contribution in [2.24, 2.45) is 0 Å². The Labute approximate surface area is 144 Å². The number of anilines is 1. The molecule has 6 nitrogen and oxygen atoms in total. The van der Waals surface area contributed by atoms with E-state index in [4.69, 9.17) is 16.1 Å². The molecule has 0 unspecified atom stereocenters. The van der Waals surface area contributed by atoms with E-state index < -0.39 is 10.0 Å². The van der Waals surface area contributed by atoms with E-state index in [1.807, 2.05) is 6.07 Å². The molecule has 0 amide bonds. The number of hydrogen-bond acceptors (Lipinski definition) is 5. The SMILES string of the molecule is Cc1noc(Cc2ccccc2NS(=O)(=O)c2cccc(Cl)c2)n1. The number of halogens is 1. The van der Waals surface area contributed by atoms with Crippen molar-refractivity contribution in [3.63, 3.8) is 0 Å². The van der Waals surface area contributed by atoms with Crippen LogP contribution < -0.4 is 4.72 Å². The third kappa shape index (κ3) is 3.74. The lowest BCUT2D eigenvalue weighted by Crippen LogP contribution is -2.14. The summed E-state index contributed by atoms with van der Waals surface area (Å²) in [5.74, 6) is 0.948. The van der Waals surface area contributed by atoms with E-state index in [-0.39, 0.29) is 4.90 Å². The molecular weight excluding hydrogens is 350 g/mol. The molecule has 24 heavy (non-hydrogen) atoms. The highest BCUT2D eigenvalue weighted by molar-refractivity contribution is 7.92. The number of nitrogens with zero attached hydrogens (tertiary/aromatic N) is 2. The van der Waals surface area contributed by atoms with Gasteiger partial charge in [-0.05, 0) is 36.8 Å². The molecule has 0 aliphatic heterocycles. The third-order valence-electron chi connectivity index (χ3n) is 3.28. The monoisotopic (exact) mass is 363 g/mol. The summed E-state index contributed by atoms with van der Waals surface area (Å²) in [5, 5.41) is 4.09. The van der Waals surface area contributed by atoms with Gasteiger partial charge in [0.2, 0.25) is 5.89 Å². The van der Waals surface area contributed by atoms with Crippen molar-refractivity contribution in [3.05, 3.63) is 70.8 Å². The van der Waals surface area contributed by atoms with Crippen LogP contribution in [0.4, 0.5) is 5.69 Å². The van der Waals surface area contributed by atoms with Gasteiger partial charge in [-0.2, -0.15) is 4.98 Å². The second kappa shape index (κ2) is 6.62.